The van der Waals surface area contributed by atoms with Crippen molar-refractivity contribution in [3.05, 3.63) is 65.7 Å². The minimum atomic E-state index is -0.174. The van der Waals surface area contributed by atoms with Gasteiger partial charge in [-0.1, -0.05) is 43.6 Å². The molecule has 0 aliphatic rings. The fraction of sp³-hybridized carbons (Fsp3) is 0.211. The van der Waals surface area contributed by atoms with Crippen molar-refractivity contribution in [1.82, 2.24) is 14.8 Å². The van der Waals surface area contributed by atoms with Gasteiger partial charge in [0, 0.05) is 10.7 Å². The van der Waals surface area contributed by atoms with Crippen molar-refractivity contribution >= 4 is 28.9 Å². The summed E-state index contributed by atoms with van der Waals surface area (Å²) < 4.78 is 1.58. The SMILES string of the molecule is CC(C)c1ccccc1NCC(=O)Nc1cc(Cl)ccc1-n1cncn1. The molecule has 6 nitrogen and oxygen atoms in total. The van der Waals surface area contributed by atoms with E-state index in [4.69, 9.17) is 11.6 Å². The van der Waals surface area contributed by atoms with Crippen molar-refractivity contribution in [3.63, 3.8) is 0 Å². The van der Waals surface area contributed by atoms with Crippen LogP contribution in [0.3, 0.4) is 0 Å². The zero-order valence-corrected chi connectivity index (χ0v) is 15.4. The Balaban J connectivity index is 1.72. The molecule has 1 aromatic heterocycles. The lowest BCUT2D eigenvalue weighted by Crippen LogP contribution is -2.23. The molecule has 0 fully saturated rings. The van der Waals surface area contributed by atoms with Gasteiger partial charge in [-0.15, -0.1) is 0 Å². The van der Waals surface area contributed by atoms with E-state index in [0.717, 1.165) is 5.69 Å². The monoisotopic (exact) mass is 369 g/mol. The Morgan fingerprint density at radius 3 is 2.73 bits per heavy atom. The van der Waals surface area contributed by atoms with E-state index in [1.807, 2.05) is 18.2 Å². The van der Waals surface area contributed by atoms with Crippen LogP contribution in [0.25, 0.3) is 5.69 Å². The predicted octanol–water partition coefficient (Wildman–Crippen LogP) is 4.09. The molecule has 0 radical (unpaired) electrons. The van der Waals surface area contributed by atoms with Gasteiger partial charge in [0.25, 0.3) is 0 Å². The molecule has 0 bridgehead atoms. The predicted molar refractivity (Wildman–Crippen MR) is 104 cm³/mol. The third kappa shape index (κ3) is 4.21. The standard InChI is InChI=1S/C19H20ClN5O/c1-13(2)15-5-3-4-6-16(15)22-10-19(26)24-17-9-14(20)7-8-18(17)25-12-21-11-23-25/h3-9,11-13,22H,10H2,1-2H3,(H,24,26). The molecule has 26 heavy (non-hydrogen) atoms. The number of amides is 1. The molecule has 3 rings (SSSR count). The highest BCUT2D eigenvalue weighted by atomic mass is 35.5. The van der Waals surface area contributed by atoms with Crippen LogP contribution in [0.15, 0.2) is 55.1 Å². The highest BCUT2D eigenvalue weighted by Crippen LogP contribution is 2.25. The van der Waals surface area contributed by atoms with E-state index in [2.05, 4.69) is 40.6 Å². The molecule has 0 aliphatic heterocycles. The average molecular weight is 370 g/mol. The molecular weight excluding hydrogens is 350 g/mol. The molecule has 3 aromatic rings. The Morgan fingerprint density at radius 1 is 1.19 bits per heavy atom. The van der Waals surface area contributed by atoms with E-state index in [-0.39, 0.29) is 12.5 Å². The maximum absolute atomic E-state index is 12.4. The molecule has 0 spiro atoms. The first-order valence-electron chi connectivity index (χ1n) is 8.32. The lowest BCUT2D eigenvalue weighted by Gasteiger charge is -2.15. The topological polar surface area (TPSA) is 71.8 Å². The smallest absolute Gasteiger partial charge is 0.243 e. The Bertz CT molecular complexity index is 893. The van der Waals surface area contributed by atoms with Gasteiger partial charge in [0.1, 0.15) is 12.7 Å². The summed E-state index contributed by atoms with van der Waals surface area (Å²) in [6.07, 6.45) is 3.00. The molecule has 1 heterocycles. The molecule has 0 atom stereocenters. The van der Waals surface area contributed by atoms with Crippen molar-refractivity contribution < 1.29 is 4.79 Å². The highest BCUT2D eigenvalue weighted by Gasteiger charge is 2.11. The molecule has 2 aromatic carbocycles. The van der Waals surface area contributed by atoms with Gasteiger partial charge < -0.3 is 10.6 Å². The van der Waals surface area contributed by atoms with E-state index in [0.29, 0.717) is 22.3 Å². The molecule has 7 heteroatoms. The van der Waals surface area contributed by atoms with Crippen LogP contribution >= 0.6 is 11.6 Å². The number of benzene rings is 2. The summed E-state index contributed by atoms with van der Waals surface area (Å²) in [6, 6.07) is 13.2. The van der Waals surface area contributed by atoms with E-state index in [9.17, 15) is 4.79 Å². The number of aromatic nitrogens is 3. The van der Waals surface area contributed by atoms with Crippen LogP contribution in [0.1, 0.15) is 25.3 Å². The number of carbonyl (C=O) groups is 1. The second kappa shape index (κ2) is 8.01. The van der Waals surface area contributed by atoms with Crippen LogP contribution < -0.4 is 10.6 Å². The number of halogens is 1. The number of nitrogens with one attached hydrogen (secondary N) is 2. The molecule has 0 saturated carbocycles. The second-order valence-electron chi connectivity index (χ2n) is 6.15. The van der Waals surface area contributed by atoms with E-state index < -0.39 is 0 Å². The summed E-state index contributed by atoms with van der Waals surface area (Å²) >= 11 is 6.08. The van der Waals surface area contributed by atoms with E-state index >= 15 is 0 Å². The molecule has 134 valence electrons. The molecule has 0 unspecified atom stereocenters. The first-order chi connectivity index (χ1) is 12.5. The lowest BCUT2D eigenvalue weighted by molar-refractivity contribution is -0.114. The third-order valence-electron chi connectivity index (χ3n) is 3.92. The summed E-state index contributed by atoms with van der Waals surface area (Å²) in [5.41, 5.74) is 3.40. The van der Waals surface area contributed by atoms with Crippen LogP contribution in [-0.2, 0) is 4.79 Å². The number of nitrogens with zero attached hydrogens (tertiary/aromatic N) is 3. The van der Waals surface area contributed by atoms with Crippen LogP contribution in [0.2, 0.25) is 5.02 Å². The van der Waals surface area contributed by atoms with Gasteiger partial charge in [0.2, 0.25) is 5.91 Å². The van der Waals surface area contributed by atoms with Gasteiger partial charge in [0.05, 0.1) is 17.9 Å². The summed E-state index contributed by atoms with van der Waals surface area (Å²) in [5.74, 6) is 0.195. The normalized spacial score (nSPS) is 10.8. The van der Waals surface area contributed by atoms with Crippen LogP contribution in [0, 0.1) is 0 Å². The molecule has 1 amide bonds. The fourth-order valence-corrected chi connectivity index (χ4v) is 2.84. The number of anilines is 2. The number of hydrogen-bond donors (Lipinski definition) is 2. The largest absolute Gasteiger partial charge is 0.376 e. The number of rotatable bonds is 6. The van der Waals surface area contributed by atoms with Gasteiger partial charge in [-0.25, -0.2) is 9.67 Å². The average Bonchev–Trinajstić information content (AvgIpc) is 3.14. The Labute approximate surface area is 157 Å². The molecule has 2 N–H and O–H groups in total. The Morgan fingerprint density at radius 2 is 2.00 bits per heavy atom. The quantitative estimate of drug-likeness (QED) is 0.686. The number of carbonyl (C=O) groups excluding carboxylic acids is 1. The van der Waals surface area contributed by atoms with Crippen molar-refractivity contribution in [2.75, 3.05) is 17.2 Å². The van der Waals surface area contributed by atoms with Crippen molar-refractivity contribution in [1.29, 1.82) is 0 Å². The van der Waals surface area contributed by atoms with Crippen LogP contribution in [-0.4, -0.2) is 27.2 Å². The second-order valence-corrected chi connectivity index (χ2v) is 6.58. The maximum Gasteiger partial charge on any atom is 0.243 e. The van der Waals surface area contributed by atoms with Gasteiger partial charge >= 0.3 is 0 Å². The zero-order chi connectivity index (χ0) is 18.5. The summed E-state index contributed by atoms with van der Waals surface area (Å²) in [7, 11) is 0. The highest BCUT2D eigenvalue weighted by molar-refractivity contribution is 6.31. The van der Waals surface area contributed by atoms with Crippen molar-refractivity contribution in [2.24, 2.45) is 0 Å². The Hall–Kier alpha value is -2.86. The van der Waals surface area contributed by atoms with Crippen molar-refractivity contribution in [2.45, 2.75) is 19.8 Å². The van der Waals surface area contributed by atoms with E-state index in [1.54, 1.807) is 29.2 Å². The molecule has 0 saturated heterocycles. The van der Waals surface area contributed by atoms with Gasteiger partial charge in [-0.3, -0.25) is 4.79 Å². The molecular formula is C19H20ClN5O. The number of para-hydroxylation sites is 1. The maximum atomic E-state index is 12.4. The minimum Gasteiger partial charge on any atom is -0.376 e. The first kappa shape index (κ1) is 17.9. The minimum absolute atomic E-state index is 0.146. The van der Waals surface area contributed by atoms with Crippen LogP contribution in [0.5, 0.6) is 0 Å². The Kier molecular flexibility index (Phi) is 5.53. The third-order valence-corrected chi connectivity index (χ3v) is 4.16. The fourth-order valence-electron chi connectivity index (χ4n) is 2.67. The summed E-state index contributed by atoms with van der Waals surface area (Å²) in [4.78, 5) is 16.4. The van der Waals surface area contributed by atoms with Gasteiger partial charge in [0.15, 0.2) is 0 Å². The van der Waals surface area contributed by atoms with Gasteiger partial charge in [-0.2, -0.15) is 5.10 Å². The summed E-state index contributed by atoms with van der Waals surface area (Å²) in [5, 5.41) is 10.7. The zero-order valence-electron chi connectivity index (χ0n) is 14.6. The first-order valence-corrected chi connectivity index (χ1v) is 8.69. The van der Waals surface area contributed by atoms with E-state index in [1.165, 1.54) is 11.9 Å². The summed E-state index contributed by atoms with van der Waals surface area (Å²) in [6.45, 7) is 4.39. The molecule has 0 aliphatic carbocycles. The van der Waals surface area contributed by atoms with Gasteiger partial charge in [-0.05, 0) is 35.7 Å². The van der Waals surface area contributed by atoms with Crippen LogP contribution in [0.4, 0.5) is 11.4 Å². The lowest BCUT2D eigenvalue weighted by atomic mass is 10.0. The number of hydrogen-bond acceptors (Lipinski definition) is 4. The van der Waals surface area contributed by atoms with Crippen molar-refractivity contribution in [3.8, 4) is 5.69 Å².